The minimum atomic E-state index is -0.706. The predicted octanol–water partition coefficient (Wildman–Crippen LogP) is 3.70. The van der Waals surface area contributed by atoms with Crippen LogP contribution in [-0.2, 0) is 0 Å². The lowest BCUT2D eigenvalue weighted by Gasteiger charge is -2.16. The van der Waals surface area contributed by atoms with Crippen molar-refractivity contribution >= 4 is 22.8 Å². The van der Waals surface area contributed by atoms with Crippen LogP contribution < -0.4 is 0 Å². The maximum atomic E-state index is 14.3. The molecule has 0 radical (unpaired) electrons. The third kappa shape index (κ3) is 1.24. The first-order valence-electron chi connectivity index (χ1n) is 6.00. The maximum Gasteiger partial charge on any atom is 0.222 e. The van der Waals surface area contributed by atoms with E-state index in [1.165, 1.54) is 0 Å². The average molecular weight is 249 g/mol. The fourth-order valence-electron chi connectivity index (χ4n) is 2.62. The Hall–Kier alpha value is -2.55. The molecule has 1 aliphatic heterocycles. The molecule has 0 atom stereocenters. The Morgan fingerprint density at radius 3 is 2.26 bits per heavy atom. The standard InChI is InChI=1S/C16H8FNO/c17-14-13-11-7-3-4-8-12(11)18-15(13)9-5-1-2-6-10(9)16(14)19/h1-8H. The van der Waals surface area contributed by atoms with Gasteiger partial charge in [-0.25, -0.2) is 9.38 Å². The van der Waals surface area contributed by atoms with E-state index >= 15 is 0 Å². The van der Waals surface area contributed by atoms with E-state index in [4.69, 9.17) is 0 Å². The number of carbonyl (C=O) groups excluding carboxylic acids is 1. The van der Waals surface area contributed by atoms with Crippen LogP contribution in [0.25, 0.3) is 5.57 Å². The molecule has 2 aliphatic rings. The van der Waals surface area contributed by atoms with Crippen molar-refractivity contribution in [2.24, 2.45) is 4.99 Å². The highest BCUT2D eigenvalue weighted by Crippen LogP contribution is 2.42. The molecule has 0 unspecified atom stereocenters. The van der Waals surface area contributed by atoms with Crippen LogP contribution in [0.15, 0.2) is 59.4 Å². The number of rotatable bonds is 0. The third-order valence-corrected chi connectivity index (χ3v) is 3.49. The molecule has 1 heterocycles. The number of para-hydroxylation sites is 1. The second kappa shape index (κ2) is 3.48. The van der Waals surface area contributed by atoms with Crippen molar-refractivity contribution in [2.45, 2.75) is 0 Å². The fraction of sp³-hybridized carbons (Fsp3) is 0. The summed E-state index contributed by atoms with van der Waals surface area (Å²) in [6.07, 6.45) is 0. The molecule has 0 fully saturated rings. The van der Waals surface area contributed by atoms with Crippen LogP contribution >= 0.6 is 0 Å². The van der Waals surface area contributed by atoms with Crippen LogP contribution in [0.5, 0.6) is 0 Å². The SMILES string of the molecule is O=C1C(F)=C2C(=Nc3ccccc32)c2ccccc21. The van der Waals surface area contributed by atoms with Crippen LogP contribution in [0.2, 0.25) is 0 Å². The second-order valence-corrected chi connectivity index (χ2v) is 4.54. The van der Waals surface area contributed by atoms with Crippen molar-refractivity contribution < 1.29 is 9.18 Å². The fourth-order valence-corrected chi connectivity index (χ4v) is 2.62. The van der Waals surface area contributed by atoms with Gasteiger partial charge in [0.2, 0.25) is 5.78 Å². The summed E-state index contributed by atoms with van der Waals surface area (Å²) in [5.74, 6) is -1.26. The van der Waals surface area contributed by atoms with E-state index < -0.39 is 11.6 Å². The normalized spacial score (nSPS) is 15.8. The number of hydrogen-bond donors (Lipinski definition) is 0. The summed E-state index contributed by atoms with van der Waals surface area (Å²) in [4.78, 5) is 16.5. The topological polar surface area (TPSA) is 29.4 Å². The summed E-state index contributed by atoms with van der Waals surface area (Å²) < 4.78 is 14.3. The highest BCUT2D eigenvalue weighted by molar-refractivity contribution is 6.44. The number of benzene rings is 2. The molecule has 19 heavy (non-hydrogen) atoms. The quantitative estimate of drug-likeness (QED) is 0.700. The molecular formula is C16H8FNO. The van der Waals surface area contributed by atoms with Crippen molar-refractivity contribution in [2.75, 3.05) is 0 Å². The second-order valence-electron chi connectivity index (χ2n) is 4.54. The summed E-state index contributed by atoms with van der Waals surface area (Å²) in [6.45, 7) is 0. The summed E-state index contributed by atoms with van der Waals surface area (Å²) >= 11 is 0. The van der Waals surface area contributed by atoms with Crippen molar-refractivity contribution in [3.8, 4) is 0 Å². The Balaban J connectivity index is 2.10. The van der Waals surface area contributed by atoms with Crippen molar-refractivity contribution in [3.05, 3.63) is 71.0 Å². The highest BCUT2D eigenvalue weighted by atomic mass is 19.1. The first kappa shape index (κ1) is 10.4. The van der Waals surface area contributed by atoms with Gasteiger partial charge in [-0.2, -0.15) is 0 Å². The van der Waals surface area contributed by atoms with E-state index in [1.54, 1.807) is 18.2 Å². The Morgan fingerprint density at radius 1 is 0.842 bits per heavy atom. The number of fused-ring (bicyclic) bond motifs is 5. The maximum absolute atomic E-state index is 14.3. The minimum Gasteiger partial charge on any atom is -0.286 e. The average Bonchev–Trinajstić information content (AvgIpc) is 2.84. The number of Topliss-reactive ketones (excluding diaryl/α,β-unsaturated/α-hetero) is 1. The molecule has 90 valence electrons. The van der Waals surface area contributed by atoms with Crippen molar-refractivity contribution in [3.63, 3.8) is 0 Å². The van der Waals surface area contributed by atoms with Gasteiger partial charge in [0.15, 0.2) is 5.83 Å². The van der Waals surface area contributed by atoms with Gasteiger partial charge in [0.05, 0.1) is 17.0 Å². The smallest absolute Gasteiger partial charge is 0.222 e. The van der Waals surface area contributed by atoms with E-state index in [-0.39, 0.29) is 0 Å². The lowest BCUT2D eigenvalue weighted by atomic mass is 9.86. The molecule has 0 bridgehead atoms. The Kier molecular flexibility index (Phi) is 1.90. The first-order valence-corrected chi connectivity index (χ1v) is 6.00. The molecular weight excluding hydrogens is 241 g/mol. The van der Waals surface area contributed by atoms with Gasteiger partial charge in [-0.1, -0.05) is 42.5 Å². The molecule has 0 spiro atoms. The number of hydrogen-bond acceptors (Lipinski definition) is 2. The zero-order valence-corrected chi connectivity index (χ0v) is 9.85. The number of ketones is 1. The molecule has 4 rings (SSSR count). The number of allylic oxidation sites excluding steroid dienone is 2. The van der Waals surface area contributed by atoms with E-state index in [9.17, 15) is 9.18 Å². The Bertz CT molecular complexity index is 802. The van der Waals surface area contributed by atoms with Crippen LogP contribution in [0.3, 0.4) is 0 Å². The molecule has 2 aromatic carbocycles. The van der Waals surface area contributed by atoms with E-state index in [0.717, 1.165) is 0 Å². The van der Waals surface area contributed by atoms with Gasteiger partial charge in [-0.3, -0.25) is 4.79 Å². The van der Waals surface area contributed by atoms with Gasteiger partial charge in [-0.05, 0) is 6.07 Å². The van der Waals surface area contributed by atoms with Crippen LogP contribution in [-0.4, -0.2) is 11.5 Å². The molecule has 3 heteroatoms. The first-order chi connectivity index (χ1) is 9.27. The van der Waals surface area contributed by atoms with Gasteiger partial charge in [-0.15, -0.1) is 0 Å². The number of aliphatic imine (C=N–C) groups is 1. The minimum absolute atomic E-state index is 0.333. The lowest BCUT2D eigenvalue weighted by Crippen LogP contribution is -2.18. The summed E-state index contributed by atoms with van der Waals surface area (Å²) in [7, 11) is 0. The Morgan fingerprint density at radius 2 is 1.47 bits per heavy atom. The summed E-state index contributed by atoms with van der Waals surface area (Å²) in [6, 6.07) is 14.3. The molecule has 0 N–H and O–H groups in total. The molecule has 0 aromatic heterocycles. The number of halogens is 1. The number of nitrogens with zero attached hydrogens (tertiary/aromatic N) is 1. The molecule has 0 amide bonds. The summed E-state index contributed by atoms with van der Waals surface area (Å²) in [5.41, 5.74) is 3.40. The van der Waals surface area contributed by atoms with Crippen LogP contribution in [0.4, 0.5) is 10.1 Å². The molecule has 0 saturated carbocycles. The zero-order valence-electron chi connectivity index (χ0n) is 9.85. The van der Waals surface area contributed by atoms with Gasteiger partial charge >= 0.3 is 0 Å². The van der Waals surface area contributed by atoms with E-state index in [1.807, 2.05) is 30.3 Å². The highest BCUT2D eigenvalue weighted by Gasteiger charge is 2.35. The monoisotopic (exact) mass is 249 g/mol. The van der Waals surface area contributed by atoms with Gasteiger partial charge in [0, 0.05) is 16.7 Å². The summed E-state index contributed by atoms with van der Waals surface area (Å²) in [5, 5.41) is 0. The van der Waals surface area contributed by atoms with Crippen LogP contribution in [0.1, 0.15) is 21.5 Å². The van der Waals surface area contributed by atoms with Crippen LogP contribution in [0, 0.1) is 0 Å². The zero-order chi connectivity index (χ0) is 13.0. The van der Waals surface area contributed by atoms with Gasteiger partial charge < -0.3 is 0 Å². The van der Waals surface area contributed by atoms with E-state index in [0.29, 0.717) is 33.7 Å². The Labute approximate surface area is 108 Å². The van der Waals surface area contributed by atoms with Crippen molar-refractivity contribution in [1.82, 2.24) is 0 Å². The van der Waals surface area contributed by atoms with Gasteiger partial charge in [0.1, 0.15) is 0 Å². The molecule has 2 nitrogen and oxygen atoms in total. The van der Waals surface area contributed by atoms with E-state index in [2.05, 4.69) is 4.99 Å². The van der Waals surface area contributed by atoms with Gasteiger partial charge in [0.25, 0.3) is 0 Å². The largest absolute Gasteiger partial charge is 0.286 e. The predicted molar refractivity (Wildman–Crippen MR) is 71.4 cm³/mol. The van der Waals surface area contributed by atoms with Crippen molar-refractivity contribution in [1.29, 1.82) is 0 Å². The molecule has 1 aliphatic carbocycles. The molecule has 2 aromatic rings. The molecule has 0 saturated heterocycles. The third-order valence-electron chi connectivity index (χ3n) is 3.49. The lowest BCUT2D eigenvalue weighted by molar-refractivity contribution is 0.100. The number of carbonyl (C=O) groups is 1.